The Morgan fingerprint density at radius 1 is 0.821 bits per heavy atom. The Morgan fingerprint density at radius 2 is 1.36 bits per heavy atom. The number of carbonyl (C=O) groups is 2. The molecule has 6 heteroatoms. The molecule has 0 unspecified atom stereocenters. The third-order valence-corrected chi connectivity index (χ3v) is 3.78. The molecule has 3 rings (SSSR count). The molecular formula is C22H16N2O4. The average molecular weight is 372 g/mol. The summed E-state index contributed by atoms with van der Waals surface area (Å²) in [6, 6.07) is 20.9. The molecule has 0 aliphatic heterocycles. The van der Waals surface area contributed by atoms with Crippen LogP contribution in [0.4, 0.5) is 11.4 Å². The number of carboxylic acid groups (broad SMARTS) is 1. The van der Waals surface area contributed by atoms with Gasteiger partial charge in [0, 0.05) is 12.4 Å². The van der Waals surface area contributed by atoms with Gasteiger partial charge in [-0.1, -0.05) is 18.2 Å². The van der Waals surface area contributed by atoms with E-state index in [1.54, 1.807) is 48.8 Å². The Hall–Kier alpha value is -4.06. The summed E-state index contributed by atoms with van der Waals surface area (Å²) in [7, 11) is 0. The van der Waals surface area contributed by atoms with Crippen molar-refractivity contribution in [1.82, 2.24) is 0 Å². The fourth-order valence-corrected chi connectivity index (χ4v) is 2.35. The van der Waals surface area contributed by atoms with Gasteiger partial charge in [0.05, 0.1) is 16.9 Å². The van der Waals surface area contributed by atoms with Crippen molar-refractivity contribution in [2.24, 2.45) is 9.98 Å². The number of hydrogen-bond acceptors (Lipinski definition) is 5. The van der Waals surface area contributed by atoms with E-state index in [9.17, 15) is 9.59 Å². The lowest BCUT2D eigenvalue weighted by molar-refractivity contribution is -0.120. The number of hydrogen-bond donors (Lipinski definition) is 1. The predicted octanol–water partition coefficient (Wildman–Crippen LogP) is 4.42. The standard InChI is InChI=1S/C22H16N2O4/c25-15-28-21-10-6-17(7-11-21)14-24-20-3-1-2-19(12-20)23-13-16-4-8-18(9-5-16)22(26)27/h1-15H,(H,26,27). The van der Waals surface area contributed by atoms with E-state index in [-0.39, 0.29) is 5.56 Å². The SMILES string of the molecule is O=COc1ccc(C=Nc2cccc(N=Cc3ccc(C(=O)O)cc3)c2)cc1. The second-order valence-electron chi connectivity index (χ2n) is 5.75. The molecule has 3 aromatic rings. The van der Waals surface area contributed by atoms with Crippen LogP contribution in [0.1, 0.15) is 21.5 Å². The summed E-state index contributed by atoms with van der Waals surface area (Å²) in [5, 5.41) is 8.92. The van der Waals surface area contributed by atoms with E-state index < -0.39 is 5.97 Å². The van der Waals surface area contributed by atoms with Crippen LogP contribution in [0, 0.1) is 0 Å². The molecule has 0 aliphatic rings. The lowest BCUT2D eigenvalue weighted by atomic mass is 10.1. The molecular weight excluding hydrogens is 356 g/mol. The number of nitrogens with zero attached hydrogens (tertiary/aromatic N) is 2. The van der Waals surface area contributed by atoms with Crippen molar-refractivity contribution >= 4 is 36.2 Å². The lowest BCUT2D eigenvalue weighted by Crippen LogP contribution is -1.95. The van der Waals surface area contributed by atoms with E-state index in [2.05, 4.69) is 9.98 Å². The van der Waals surface area contributed by atoms with Crippen LogP contribution < -0.4 is 4.74 Å². The van der Waals surface area contributed by atoms with Gasteiger partial charge in [0.25, 0.3) is 6.47 Å². The zero-order chi connectivity index (χ0) is 19.8. The van der Waals surface area contributed by atoms with Crippen LogP contribution in [-0.2, 0) is 4.79 Å². The molecule has 1 N–H and O–H groups in total. The minimum atomic E-state index is -0.958. The van der Waals surface area contributed by atoms with Crippen LogP contribution in [0.2, 0.25) is 0 Å². The number of rotatable bonds is 7. The second kappa shape index (κ2) is 9.05. The average Bonchev–Trinajstić information content (AvgIpc) is 2.72. The first-order valence-electron chi connectivity index (χ1n) is 8.36. The van der Waals surface area contributed by atoms with E-state index in [1.807, 2.05) is 24.3 Å². The van der Waals surface area contributed by atoms with Gasteiger partial charge in [0.2, 0.25) is 0 Å². The molecule has 6 nitrogen and oxygen atoms in total. The molecule has 3 aromatic carbocycles. The van der Waals surface area contributed by atoms with E-state index >= 15 is 0 Å². The quantitative estimate of drug-likeness (QED) is 0.491. The Bertz CT molecular complexity index is 1020. The smallest absolute Gasteiger partial charge is 0.335 e. The van der Waals surface area contributed by atoms with Gasteiger partial charge < -0.3 is 9.84 Å². The topological polar surface area (TPSA) is 88.3 Å². The molecule has 0 bridgehead atoms. The van der Waals surface area contributed by atoms with Gasteiger partial charge >= 0.3 is 5.97 Å². The molecule has 0 spiro atoms. The molecule has 138 valence electrons. The largest absolute Gasteiger partial charge is 0.478 e. The van der Waals surface area contributed by atoms with E-state index in [4.69, 9.17) is 9.84 Å². The summed E-state index contributed by atoms with van der Waals surface area (Å²) in [5.74, 6) is -0.486. The summed E-state index contributed by atoms with van der Waals surface area (Å²) < 4.78 is 4.75. The molecule has 28 heavy (non-hydrogen) atoms. The first kappa shape index (κ1) is 18.7. The first-order valence-corrected chi connectivity index (χ1v) is 8.36. The Labute approximate surface area is 161 Å². The van der Waals surface area contributed by atoms with Gasteiger partial charge in [0.1, 0.15) is 5.75 Å². The van der Waals surface area contributed by atoms with Crippen molar-refractivity contribution in [3.8, 4) is 5.75 Å². The number of carbonyl (C=O) groups excluding carboxylic acids is 1. The molecule has 0 heterocycles. The highest BCUT2D eigenvalue weighted by Crippen LogP contribution is 2.21. The molecule has 0 aliphatic carbocycles. The maximum absolute atomic E-state index is 10.9. The lowest BCUT2D eigenvalue weighted by Gasteiger charge is -1.99. The van der Waals surface area contributed by atoms with Crippen molar-refractivity contribution in [1.29, 1.82) is 0 Å². The third-order valence-electron chi connectivity index (χ3n) is 3.78. The molecule has 0 fully saturated rings. The number of carboxylic acids is 1. The van der Waals surface area contributed by atoms with Crippen molar-refractivity contribution in [3.05, 3.63) is 89.5 Å². The third kappa shape index (κ3) is 5.22. The summed E-state index contributed by atoms with van der Waals surface area (Å²) in [6.07, 6.45) is 3.37. The van der Waals surface area contributed by atoms with Gasteiger partial charge in [0.15, 0.2) is 0 Å². The highest BCUT2D eigenvalue weighted by Gasteiger charge is 2.00. The van der Waals surface area contributed by atoms with Crippen LogP contribution in [0.15, 0.2) is 82.8 Å². The van der Waals surface area contributed by atoms with Gasteiger partial charge in [-0.05, 0) is 65.7 Å². The molecule has 0 amide bonds. The van der Waals surface area contributed by atoms with Gasteiger partial charge in [-0.3, -0.25) is 14.8 Å². The maximum Gasteiger partial charge on any atom is 0.335 e. The Morgan fingerprint density at radius 3 is 1.86 bits per heavy atom. The summed E-state index contributed by atoms with van der Waals surface area (Å²) in [4.78, 5) is 30.0. The maximum atomic E-state index is 10.9. The minimum Gasteiger partial charge on any atom is -0.478 e. The highest BCUT2D eigenvalue weighted by molar-refractivity contribution is 5.89. The number of benzene rings is 3. The number of aliphatic imine (C=N–C) groups is 2. The van der Waals surface area contributed by atoms with Crippen LogP contribution >= 0.6 is 0 Å². The van der Waals surface area contributed by atoms with E-state index in [1.165, 1.54) is 12.1 Å². The Kier molecular flexibility index (Phi) is 6.05. The number of ether oxygens (including phenoxy) is 1. The summed E-state index contributed by atoms with van der Waals surface area (Å²) >= 11 is 0. The van der Waals surface area contributed by atoms with Crippen LogP contribution in [0.25, 0.3) is 0 Å². The van der Waals surface area contributed by atoms with E-state index in [0.717, 1.165) is 22.5 Å². The van der Waals surface area contributed by atoms with Crippen LogP contribution in [0.3, 0.4) is 0 Å². The van der Waals surface area contributed by atoms with Crippen molar-refractivity contribution in [2.75, 3.05) is 0 Å². The van der Waals surface area contributed by atoms with Gasteiger partial charge in [-0.25, -0.2) is 4.79 Å². The fourth-order valence-electron chi connectivity index (χ4n) is 2.35. The molecule has 0 aromatic heterocycles. The second-order valence-corrected chi connectivity index (χ2v) is 5.75. The van der Waals surface area contributed by atoms with Gasteiger partial charge in [-0.2, -0.15) is 0 Å². The van der Waals surface area contributed by atoms with Crippen molar-refractivity contribution in [3.63, 3.8) is 0 Å². The zero-order valence-corrected chi connectivity index (χ0v) is 14.7. The van der Waals surface area contributed by atoms with Crippen molar-refractivity contribution in [2.45, 2.75) is 0 Å². The highest BCUT2D eigenvalue weighted by atomic mass is 16.5. The summed E-state index contributed by atoms with van der Waals surface area (Å²) in [5.41, 5.74) is 3.37. The van der Waals surface area contributed by atoms with E-state index in [0.29, 0.717) is 12.2 Å². The van der Waals surface area contributed by atoms with Crippen molar-refractivity contribution < 1.29 is 19.4 Å². The predicted molar refractivity (Wildman–Crippen MR) is 107 cm³/mol. The Balaban J connectivity index is 1.69. The van der Waals surface area contributed by atoms with Crippen LogP contribution in [-0.4, -0.2) is 30.0 Å². The zero-order valence-electron chi connectivity index (χ0n) is 14.7. The number of aromatic carboxylic acids is 1. The minimum absolute atomic E-state index is 0.235. The molecule has 0 saturated heterocycles. The molecule has 0 atom stereocenters. The summed E-state index contributed by atoms with van der Waals surface area (Å²) in [6.45, 7) is 0.385. The van der Waals surface area contributed by atoms with Crippen LogP contribution in [0.5, 0.6) is 5.75 Å². The van der Waals surface area contributed by atoms with Gasteiger partial charge in [-0.15, -0.1) is 0 Å². The fraction of sp³-hybridized carbons (Fsp3) is 0. The molecule has 0 radical (unpaired) electrons. The molecule has 0 saturated carbocycles. The first-order chi connectivity index (χ1) is 13.6. The normalized spacial score (nSPS) is 11.0. The monoisotopic (exact) mass is 372 g/mol.